The van der Waals surface area contributed by atoms with Gasteiger partial charge in [-0.05, 0) is 41.3 Å². The van der Waals surface area contributed by atoms with Crippen molar-refractivity contribution in [3.05, 3.63) is 69.4 Å². The number of hydrogen-bond donors (Lipinski definition) is 0. The van der Waals surface area contributed by atoms with E-state index in [-0.39, 0.29) is 11.2 Å². The maximum atomic E-state index is 13.3. The van der Waals surface area contributed by atoms with Crippen LogP contribution >= 0.6 is 27.5 Å². The summed E-state index contributed by atoms with van der Waals surface area (Å²) in [4.78, 5) is 0. The predicted octanol–water partition coefficient (Wildman–Crippen LogP) is 5.87. The maximum Gasteiger partial charge on any atom is 0.123 e. The summed E-state index contributed by atoms with van der Waals surface area (Å²) in [5.41, 5.74) is 3.03. The van der Waals surface area contributed by atoms with Crippen LogP contribution in [0, 0.1) is 5.82 Å². The summed E-state index contributed by atoms with van der Waals surface area (Å²) in [5.74, 6) is -0.272. The van der Waals surface area contributed by atoms with E-state index in [4.69, 9.17) is 11.6 Å². The highest BCUT2D eigenvalue weighted by Crippen LogP contribution is 2.34. The molecule has 0 nitrogen and oxygen atoms in total. The second kappa shape index (κ2) is 6.53. The summed E-state index contributed by atoms with van der Waals surface area (Å²) in [7, 11) is 0. The molecule has 0 saturated heterocycles. The van der Waals surface area contributed by atoms with Gasteiger partial charge < -0.3 is 0 Å². The van der Waals surface area contributed by atoms with Gasteiger partial charge in [-0.15, -0.1) is 11.6 Å². The third-order valence-corrected chi connectivity index (χ3v) is 4.25. The fraction of sp³-hybridized carbons (Fsp3) is 0.250. The van der Waals surface area contributed by atoms with E-state index >= 15 is 0 Å². The van der Waals surface area contributed by atoms with Crippen molar-refractivity contribution in [2.45, 2.75) is 25.1 Å². The number of aryl methyl sites for hydroxylation is 1. The van der Waals surface area contributed by atoms with E-state index in [0.29, 0.717) is 0 Å². The highest BCUT2D eigenvalue weighted by Gasteiger charge is 2.14. The van der Waals surface area contributed by atoms with E-state index in [2.05, 4.69) is 35.0 Å². The molecule has 0 bridgehead atoms. The van der Waals surface area contributed by atoms with Crippen LogP contribution in [0.15, 0.2) is 46.9 Å². The SMILES string of the molecule is CCCc1ccc(C(Cl)c2cc(F)ccc2Br)cc1. The van der Waals surface area contributed by atoms with Gasteiger partial charge in [-0.2, -0.15) is 0 Å². The van der Waals surface area contributed by atoms with E-state index in [1.165, 1.54) is 17.7 Å². The molecule has 1 unspecified atom stereocenters. The standard InChI is InChI=1S/C16H15BrClF/c1-2-3-11-4-6-12(7-5-11)16(18)14-10-13(19)8-9-15(14)17/h4-10,16H,2-3H2,1H3. The Hall–Kier alpha value is -0.860. The molecule has 0 N–H and O–H groups in total. The Morgan fingerprint density at radius 2 is 1.84 bits per heavy atom. The van der Waals surface area contributed by atoms with Gasteiger partial charge in [-0.1, -0.05) is 53.5 Å². The maximum absolute atomic E-state index is 13.3. The van der Waals surface area contributed by atoms with Crippen LogP contribution in [0.25, 0.3) is 0 Å². The molecule has 2 rings (SSSR count). The van der Waals surface area contributed by atoms with Crippen molar-refractivity contribution >= 4 is 27.5 Å². The lowest BCUT2D eigenvalue weighted by Crippen LogP contribution is -1.96. The van der Waals surface area contributed by atoms with Gasteiger partial charge >= 0.3 is 0 Å². The van der Waals surface area contributed by atoms with Crippen molar-refractivity contribution < 1.29 is 4.39 Å². The quantitative estimate of drug-likeness (QED) is 0.610. The summed E-state index contributed by atoms with van der Waals surface area (Å²) < 4.78 is 14.1. The van der Waals surface area contributed by atoms with Crippen molar-refractivity contribution in [2.75, 3.05) is 0 Å². The first-order valence-corrected chi connectivity index (χ1v) is 7.52. The molecule has 19 heavy (non-hydrogen) atoms. The fourth-order valence-corrected chi connectivity index (χ4v) is 2.96. The highest BCUT2D eigenvalue weighted by molar-refractivity contribution is 9.10. The summed E-state index contributed by atoms with van der Waals surface area (Å²) in [6.45, 7) is 2.15. The molecule has 2 aromatic rings. The molecule has 0 saturated carbocycles. The Morgan fingerprint density at radius 3 is 2.47 bits per heavy atom. The average Bonchev–Trinajstić information content (AvgIpc) is 2.42. The summed E-state index contributed by atoms with van der Waals surface area (Å²) >= 11 is 9.86. The van der Waals surface area contributed by atoms with Crippen molar-refractivity contribution in [1.29, 1.82) is 0 Å². The van der Waals surface area contributed by atoms with Crippen molar-refractivity contribution in [1.82, 2.24) is 0 Å². The molecule has 0 spiro atoms. The largest absolute Gasteiger partial charge is 0.207 e. The van der Waals surface area contributed by atoms with E-state index in [1.807, 2.05) is 12.1 Å². The van der Waals surface area contributed by atoms with E-state index in [1.54, 1.807) is 6.07 Å². The molecule has 0 fully saturated rings. The molecular weight excluding hydrogens is 327 g/mol. The van der Waals surface area contributed by atoms with Gasteiger partial charge in [0.15, 0.2) is 0 Å². The Kier molecular flexibility index (Phi) is 5.00. The first-order valence-electron chi connectivity index (χ1n) is 6.29. The van der Waals surface area contributed by atoms with Gasteiger partial charge in [0.2, 0.25) is 0 Å². The Labute approximate surface area is 126 Å². The van der Waals surface area contributed by atoms with Gasteiger partial charge in [-0.25, -0.2) is 4.39 Å². The zero-order valence-corrected chi connectivity index (χ0v) is 13.0. The van der Waals surface area contributed by atoms with Crippen molar-refractivity contribution in [2.24, 2.45) is 0 Å². The van der Waals surface area contributed by atoms with Gasteiger partial charge in [0.05, 0.1) is 5.38 Å². The molecule has 0 aromatic heterocycles. The molecule has 1 atom stereocenters. The number of benzene rings is 2. The lowest BCUT2D eigenvalue weighted by atomic mass is 10.0. The van der Waals surface area contributed by atoms with Crippen molar-refractivity contribution in [3.63, 3.8) is 0 Å². The average molecular weight is 342 g/mol. The van der Waals surface area contributed by atoms with Crippen molar-refractivity contribution in [3.8, 4) is 0 Å². The van der Waals surface area contributed by atoms with Crippen LogP contribution < -0.4 is 0 Å². The van der Waals surface area contributed by atoms with Crippen LogP contribution in [0.4, 0.5) is 4.39 Å². The fourth-order valence-electron chi connectivity index (χ4n) is 2.03. The third kappa shape index (κ3) is 3.58. The number of rotatable bonds is 4. The Bertz CT molecular complexity index is 551. The van der Waals surface area contributed by atoms with Gasteiger partial charge in [-0.3, -0.25) is 0 Å². The van der Waals surface area contributed by atoms with Gasteiger partial charge in [0.25, 0.3) is 0 Å². The van der Waals surface area contributed by atoms with E-state index in [0.717, 1.165) is 28.4 Å². The van der Waals surface area contributed by atoms with Gasteiger partial charge in [0.1, 0.15) is 5.82 Å². The normalized spacial score (nSPS) is 12.4. The first kappa shape index (κ1) is 14.5. The van der Waals surface area contributed by atoms with Gasteiger partial charge in [0, 0.05) is 4.47 Å². The topological polar surface area (TPSA) is 0 Å². The second-order valence-corrected chi connectivity index (χ2v) is 5.81. The summed E-state index contributed by atoms with van der Waals surface area (Å²) in [5, 5.41) is -0.347. The predicted molar refractivity (Wildman–Crippen MR) is 82.2 cm³/mol. The van der Waals surface area contributed by atoms with Crippen LogP contribution in [0.3, 0.4) is 0 Å². The molecule has 2 aromatic carbocycles. The molecule has 0 aliphatic heterocycles. The van der Waals surface area contributed by atoms with E-state index in [9.17, 15) is 4.39 Å². The van der Waals surface area contributed by atoms with Crippen LogP contribution in [-0.4, -0.2) is 0 Å². The zero-order valence-electron chi connectivity index (χ0n) is 10.7. The smallest absolute Gasteiger partial charge is 0.123 e. The lowest BCUT2D eigenvalue weighted by molar-refractivity contribution is 0.625. The number of alkyl halides is 1. The monoisotopic (exact) mass is 340 g/mol. The second-order valence-electron chi connectivity index (χ2n) is 4.52. The molecular formula is C16H15BrClF. The Balaban J connectivity index is 2.27. The lowest BCUT2D eigenvalue weighted by Gasteiger charge is -2.13. The number of hydrogen-bond acceptors (Lipinski definition) is 0. The molecule has 0 heterocycles. The van der Waals surface area contributed by atoms with Crippen LogP contribution in [0.5, 0.6) is 0 Å². The summed E-state index contributed by atoms with van der Waals surface area (Å²) in [6, 6.07) is 12.8. The summed E-state index contributed by atoms with van der Waals surface area (Å²) in [6.07, 6.45) is 2.19. The molecule has 0 aliphatic rings. The van der Waals surface area contributed by atoms with Crippen LogP contribution in [0.2, 0.25) is 0 Å². The number of halogens is 3. The molecule has 100 valence electrons. The first-order chi connectivity index (χ1) is 9.11. The van der Waals surface area contributed by atoms with Crippen LogP contribution in [0.1, 0.15) is 35.4 Å². The molecule has 0 aliphatic carbocycles. The third-order valence-electron chi connectivity index (χ3n) is 3.04. The van der Waals surface area contributed by atoms with Crippen LogP contribution in [-0.2, 0) is 6.42 Å². The highest BCUT2D eigenvalue weighted by atomic mass is 79.9. The minimum atomic E-state index is -0.347. The minimum absolute atomic E-state index is 0.272. The van der Waals surface area contributed by atoms with E-state index < -0.39 is 0 Å². The molecule has 0 radical (unpaired) electrons. The molecule has 0 amide bonds. The zero-order chi connectivity index (χ0) is 13.8. The minimum Gasteiger partial charge on any atom is -0.207 e. The Morgan fingerprint density at radius 1 is 1.16 bits per heavy atom. The molecule has 3 heteroatoms.